The average molecular weight is 369 g/mol. The second-order valence-corrected chi connectivity index (χ2v) is 6.34. The number of ether oxygens (including phenoxy) is 1. The monoisotopic (exact) mass is 369 g/mol. The van der Waals surface area contributed by atoms with Gasteiger partial charge in [-0.2, -0.15) is 5.10 Å². The average Bonchev–Trinajstić information content (AvgIpc) is 3.18. The lowest BCUT2D eigenvalue weighted by Gasteiger charge is -2.07. The molecule has 138 valence electrons. The zero-order valence-corrected chi connectivity index (χ0v) is 15.4. The number of carbonyl (C=O) groups excluding carboxylic acids is 1. The predicted octanol–water partition coefficient (Wildman–Crippen LogP) is 4.31. The summed E-state index contributed by atoms with van der Waals surface area (Å²) < 4.78 is 6.78. The van der Waals surface area contributed by atoms with Gasteiger partial charge in [-0.1, -0.05) is 48.5 Å². The third-order valence-corrected chi connectivity index (χ3v) is 4.56. The summed E-state index contributed by atoms with van der Waals surface area (Å²) in [6.07, 6.45) is 5.79. The van der Waals surface area contributed by atoms with Crippen molar-refractivity contribution in [3.8, 4) is 16.8 Å². The maximum absolute atomic E-state index is 12.1. The van der Waals surface area contributed by atoms with Crippen LogP contribution in [0.4, 0.5) is 0 Å². The molecule has 0 spiro atoms. The number of esters is 1. The van der Waals surface area contributed by atoms with Crippen molar-refractivity contribution in [2.45, 2.75) is 6.42 Å². The van der Waals surface area contributed by atoms with Crippen molar-refractivity contribution in [2.75, 3.05) is 7.11 Å². The van der Waals surface area contributed by atoms with Crippen LogP contribution < -0.4 is 0 Å². The van der Waals surface area contributed by atoms with Gasteiger partial charge >= 0.3 is 5.97 Å². The Morgan fingerprint density at radius 2 is 1.71 bits per heavy atom. The Hall–Kier alpha value is -3.73. The first kappa shape index (κ1) is 17.7. The van der Waals surface area contributed by atoms with Crippen molar-refractivity contribution < 1.29 is 9.53 Å². The number of rotatable bonds is 5. The van der Waals surface area contributed by atoms with Crippen molar-refractivity contribution in [1.29, 1.82) is 0 Å². The van der Waals surface area contributed by atoms with Crippen molar-refractivity contribution >= 4 is 5.97 Å². The van der Waals surface area contributed by atoms with Crippen molar-refractivity contribution in [1.82, 2.24) is 14.8 Å². The van der Waals surface area contributed by atoms with Gasteiger partial charge < -0.3 is 4.74 Å². The molecule has 0 saturated carbocycles. The van der Waals surface area contributed by atoms with Crippen molar-refractivity contribution in [2.24, 2.45) is 0 Å². The first-order chi connectivity index (χ1) is 13.8. The standard InChI is InChI=1S/C23H19N3O2/c1-28-23(27)20-12-13-24-15-18(20)14-22-21(17-8-4-2-5-9-17)16-26(25-22)19-10-6-3-7-11-19/h2-13,15-16H,14H2,1H3. The van der Waals surface area contributed by atoms with Crippen molar-refractivity contribution in [3.63, 3.8) is 0 Å². The molecule has 2 aromatic carbocycles. The second-order valence-electron chi connectivity index (χ2n) is 6.34. The largest absolute Gasteiger partial charge is 0.465 e. The van der Waals surface area contributed by atoms with Crippen LogP contribution in [-0.2, 0) is 11.2 Å². The molecule has 0 bridgehead atoms. The van der Waals surface area contributed by atoms with Crippen LogP contribution in [0.25, 0.3) is 16.8 Å². The lowest BCUT2D eigenvalue weighted by Crippen LogP contribution is -2.07. The van der Waals surface area contributed by atoms with E-state index in [4.69, 9.17) is 9.84 Å². The molecule has 0 N–H and O–H groups in total. The van der Waals surface area contributed by atoms with Gasteiger partial charge in [-0.25, -0.2) is 9.48 Å². The molecule has 0 atom stereocenters. The molecule has 4 aromatic rings. The SMILES string of the molecule is COC(=O)c1ccncc1Cc1nn(-c2ccccc2)cc1-c1ccccc1. The highest BCUT2D eigenvalue weighted by Gasteiger charge is 2.17. The number of hydrogen-bond donors (Lipinski definition) is 0. The fourth-order valence-electron chi connectivity index (χ4n) is 3.17. The van der Waals surface area contributed by atoms with Gasteiger partial charge in [0.2, 0.25) is 0 Å². The highest BCUT2D eigenvalue weighted by Crippen LogP contribution is 2.27. The van der Waals surface area contributed by atoms with Crippen LogP contribution in [0.5, 0.6) is 0 Å². The van der Waals surface area contributed by atoms with E-state index < -0.39 is 0 Å². The van der Waals surface area contributed by atoms with Gasteiger partial charge in [0, 0.05) is 30.6 Å². The Labute approximate surface area is 163 Å². The number of hydrogen-bond acceptors (Lipinski definition) is 4. The molecule has 4 rings (SSSR count). The Morgan fingerprint density at radius 1 is 1.00 bits per heavy atom. The summed E-state index contributed by atoms with van der Waals surface area (Å²) in [6.45, 7) is 0. The molecule has 0 radical (unpaired) electrons. The molecule has 0 fully saturated rings. The van der Waals surface area contributed by atoms with Crippen LogP contribution >= 0.6 is 0 Å². The summed E-state index contributed by atoms with van der Waals surface area (Å²) in [5.41, 5.74) is 5.22. The van der Waals surface area contributed by atoms with E-state index in [-0.39, 0.29) is 5.97 Å². The van der Waals surface area contributed by atoms with Crippen LogP contribution in [0, 0.1) is 0 Å². The second kappa shape index (κ2) is 7.88. The van der Waals surface area contributed by atoms with E-state index in [9.17, 15) is 4.79 Å². The fraction of sp³-hybridized carbons (Fsp3) is 0.0870. The highest BCUT2D eigenvalue weighted by atomic mass is 16.5. The quantitative estimate of drug-likeness (QED) is 0.492. The minimum absolute atomic E-state index is 0.374. The topological polar surface area (TPSA) is 57.0 Å². The Morgan fingerprint density at radius 3 is 2.43 bits per heavy atom. The molecular formula is C23H19N3O2. The summed E-state index contributed by atoms with van der Waals surface area (Å²) >= 11 is 0. The number of aromatic nitrogens is 3. The Bertz CT molecular complexity index is 1090. The van der Waals surface area contributed by atoms with Crippen LogP contribution in [0.1, 0.15) is 21.6 Å². The number of benzene rings is 2. The van der Waals surface area contributed by atoms with E-state index in [1.807, 2.05) is 59.4 Å². The molecule has 0 aliphatic carbocycles. The molecule has 0 aliphatic rings. The smallest absolute Gasteiger partial charge is 0.338 e. The van der Waals surface area contributed by atoms with E-state index in [0.29, 0.717) is 12.0 Å². The third kappa shape index (κ3) is 3.55. The number of methoxy groups -OCH3 is 1. The summed E-state index contributed by atoms with van der Waals surface area (Å²) in [4.78, 5) is 16.3. The van der Waals surface area contributed by atoms with Gasteiger partial charge in [-0.3, -0.25) is 4.98 Å². The summed E-state index contributed by atoms with van der Waals surface area (Å²) in [5.74, 6) is -0.374. The maximum Gasteiger partial charge on any atom is 0.338 e. The zero-order chi connectivity index (χ0) is 19.3. The molecule has 28 heavy (non-hydrogen) atoms. The summed E-state index contributed by atoms with van der Waals surface area (Å²) in [6, 6.07) is 21.7. The van der Waals surface area contributed by atoms with Gasteiger partial charge in [0.15, 0.2) is 0 Å². The number of para-hydroxylation sites is 1. The lowest BCUT2D eigenvalue weighted by atomic mass is 10.00. The van der Waals surface area contributed by atoms with Crippen LogP contribution in [-0.4, -0.2) is 27.8 Å². The van der Waals surface area contributed by atoms with E-state index in [2.05, 4.69) is 17.1 Å². The molecular weight excluding hydrogens is 350 g/mol. The Balaban J connectivity index is 1.80. The highest BCUT2D eigenvalue weighted by molar-refractivity contribution is 5.91. The molecule has 0 aliphatic heterocycles. The predicted molar refractivity (Wildman–Crippen MR) is 107 cm³/mol. The van der Waals surface area contributed by atoms with E-state index >= 15 is 0 Å². The van der Waals surface area contributed by atoms with Gasteiger partial charge in [0.05, 0.1) is 24.1 Å². The summed E-state index contributed by atoms with van der Waals surface area (Å²) in [7, 11) is 1.38. The van der Waals surface area contributed by atoms with E-state index in [0.717, 1.165) is 28.1 Å². The van der Waals surface area contributed by atoms with Crippen molar-refractivity contribution in [3.05, 3.63) is 102 Å². The van der Waals surface area contributed by atoms with E-state index in [1.165, 1.54) is 7.11 Å². The minimum atomic E-state index is -0.374. The molecule has 5 nitrogen and oxygen atoms in total. The van der Waals surface area contributed by atoms with Crippen LogP contribution in [0.15, 0.2) is 85.3 Å². The summed E-state index contributed by atoms with van der Waals surface area (Å²) in [5, 5.41) is 4.82. The molecule has 2 aromatic heterocycles. The molecule has 0 unspecified atom stereocenters. The molecule has 0 amide bonds. The van der Waals surface area contributed by atoms with Crippen LogP contribution in [0.3, 0.4) is 0 Å². The first-order valence-electron chi connectivity index (χ1n) is 8.97. The normalized spacial score (nSPS) is 10.6. The van der Waals surface area contributed by atoms with Gasteiger partial charge in [-0.15, -0.1) is 0 Å². The van der Waals surface area contributed by atoms with Gasteiger partial charge in [-0.05, 0) is 29.3 Å². The van der Waals surface area contributed by atoms with Gasteiger partial charge in [0.25, 0.3) is 0 Å². The maximum atomic E-state index is 12.1. The fourth-order valence-corrected chi connectivity index (χ4v) is 3.17. The third-order valence-electron chi connectivity index (χ3n) is 4.56. The molecule has 2 heterocycles. The molecule has 0 saturated heterocycles. The number of carbonyl (C=O) groups is 1. The molecule has 5 heteroatoms. The Kier molecular flexibility index (Phi) is 4.97. The first-order valence-corrected chi connectivity index (χ1v) is 8.97. The number of pyridine rings is 1. The van der Waals surface area contributed by atoms with Crippen LogP contribution in [0.2, 0.25) is 0 Å². The minimum Gasteiger partial charge on any atom is -0.465 e. The lowest BCUT2D eigenvalue weighted by molar-refractivity contribution is 0.0599. The van der Waals surface area contributed by atoms with E-state index in [1.54, 1.807) is 18.5 Å². The zero-order valence-electron chi connectivity index (χ0n) is 15.4. The number of nitrogens with zero attached hydrogens (tertiary/aromatic N) is 3. The van der Waals surface area contributed by atoms with Gasteiger partial charge in [0.1, 0.15) is 0 Å².